The summed E-state index contributed by atoms with van der Waals surface area (Å²) in [5.74, 6) is 0.0612. The molecule has 0 unspecified atom stereocenters. The molecule has 21 heavy (non-hydrogen) atoms. The molecule has 1 N–H and O–H groups in total. The molecule has 0 radical (unpaired) electrons. The summed E-state index contributed by atoms with van der Waals surface area (Å²) in [6.07, 6.45) is 0.981. The predicted octanol–water partition coefficient (Wildman–Crippen LogP) is 4.50. The summed E-state index contributed by atoms with van der Waals surface area (Å²) in [4.78, 5) is 11.9. The molecule has 0 amide bonds. The van der Waals surface area contributed by atoms with Crippen LogP contribution in [0.1, 0.15) is 24.0 Å². The van der Waals surface area contributed by atoms with E-state index in [0.29, 0.717) is 17.3 Å². The molecule has 3 rings (SSSR count). The van der Waals surface area contributed by atoms with Crippen molar-refractivity contribution in [2.75, 3.05) is 0 Å². The van der Waals surface area contributed by atoms with Crippen LogP contribution in [0.25, 0.3) is 0 Å². The summed E-state index contributed by atoms with van der Waals surface area (Å²) in [5, 5.41) is 10.8. The van der Waals surface area contributed by atoms with Gasteiger partial charge >= 0.3 is 0 Å². The van der Waals surface area contributed by atoms with E-state index in [0.717, 1.165) is 11.1 Å². The quantitative estimate of drug-likeness (QED) is 0.872. The fourth-order valence-electron chi connectivity index (χ4n) is 3.02. The SMILES string of the molecule is O=C1CCC(c2ccccc2)(c2ccccc2)C(O)=C1Br. The van der Waals surface area contributed by atoms with Gasteiger partial charge in [-0.3, -0.25) is 4.79 Å². The Bertz CT molecular complexity index is 650. The van der Waals surface area contributed by atoms with Crippen LogP contribution < -0.4 is 0 Å². The highest BCUT2D eigenvalue weighted by Crippen LogP contribution is 2.47. The molecule has 2 nitrogen and oxygen atoms in total. The van der Waals surface area contributed by atoms with E-state index in [1.54, 1.807) is 0 Å². The zero-order valence-electron chi connectivity index (χ0n) is 11.4. The minimum absolute atomic E-state index is 0.0463. The molecule has 0 bridgehead atoms. The second kappa shape index (κ2) is 5.49. The van der Waals surface area contributed by atoms with Gasteiger partial charge in [0.25, 0.3) is 0 Å². The van der Waals surface area contributed by atoms with E-state index in [-0.39, 0.29) is 11.5 Å². The lowest BCUT2D eigenvalue weighted by molar-refractivity contribution is -0.115. The summed E-state index contributed by atoms with van der Waals surface area (Å²) < 4.78 is 0.293. The van der Waals surface area contributed by atoms with Crippen LogP contribution in [0, 0.1) is 0 Å². The molecule has 1 aliphatic carbocycles. The van der Waals surface area contributed by atoms with Crippen molar-refractivity contribution >= 4 is 21.7 Å². The van der Waals surface area contributed by atoms with Crippen LogP contribution >= 0.6 is 15.9 Å². The first-order valence-corrected chi connectivity index (χ1v) is 7.69. The van der Waals surface area contributed by atoms with Gasteiger partial charge in [-0.25, -0.2) is 0 Å². The predicted molar refractivity (Wildman–Crippen MR) is 86.5 cm³/mol. The number of carbonyl (C=O) groups is 1. The summed E-state index contributed by atoms with van der Waals surface area (Å²) in [5.41, 5.74) is 1.34. The number of rotatable bonds is 2. The number of hydrogen-bond donors (Lipinski definition) is 1. The molecule has 0 aliphatic heterocycles. The highest BCUT2D eigenvalue weighted by molar-refractivity contribution is 9.12. The maximum atomic E-state index is 11.9. The molecule has 0 saturated heterocycles. The summed E-state index contributed by atoms with van der Waals surface area (Å²) >= 11 is 3.27. The lowest BCUT2D eigenvalue weighted by atomic mass is 9.67. The maximum absolute atomic E-state index is 11.9. The van der Waals surface area contributed by atoms with E-state index in [1.807, 2.05) is 60.7 Å². The summed E-state index contributed by atoms with van der Waals surface area (Å²) in [6, 6.07) is 19.7. The van der Waals surface area contributed by atoms with Crippen LogP contribution in [0.15, 0.2) is 70.9 Å². The average molecular weight is 343 g/mol. The van der Waals surface area contributed by atoms with Crippen molar-refractivity contribution in [3.63, 3.8) is 0 Å². The third-order valence-corrected chi connectivity index (χ3v) is 4.94. The number of halogens is 1. The van der Waals surface area contributed by atoms with Crippen LogP contribution in [-0.2, 0) is 10.2 Å². The van der Waals surface area contributed by atoms with Crippen LogP contribution in [0.2, 0.25) is 0 Å². The number of aliphatic hydroxyl groups excluding tert-OH is 1. The number of aliphatic hydroxyl groups is 1. The van der Waals surface area contributed by atoms with Crippen molar-refractivity contribution < 1.29 is 9.90 Å². The summed E-state index contributed by atoms with van der Waals surface area (Å²) in [6.45, 7) is 0. The smallest absolute Gasteiger partial charge is 0.173 e. The number of Topliss-reactive ketones (excluding diaryl/α,β-unsaturated/α-hetero) is 1. The average Bonchev–Trinajstić information content (AvgIpc) is 2.55. The standard InChI is InChI=1S/C18H15BrO2/c19-16-15(20)11-12-18(17(16)21,13-7-3-1-4-8-13)14-9-5-2-6-10-14/h1-10,21H,11-12H2. The van der Waals surface area contributed by atoms with Crippen molar-refractivity contribution in [2.24, 2.45) is 0 Å². The largest absolute Gasteiger partial charge is 0.510 e. The van der Waals surface area contributed by atoms with Gasteiger partial charge in [-0.2, -0.15) is 0 Å². The first-order valence-electron chi connectivity index (χ1n) is 6.90. The molecule has 3 heteroatoms. The van der Waals surface area contributed by atoms with Gasteiger partial charge in [-0.05, 0) is 33.5 Å². The van der Waals surface area contributed by atoms with Gasteiger partial charge in [0.1, 0.15) is 5.76 Å². The van der Waals surface area contributed by atoms with Gasteiger partial charge < -0.3 is 5.11 Å². The highest BCUT2D eigenvalue weighted by Gasteiger charge is 2.44. The topological polar surface area (TPSA) is 37.3 Å². The molecule has 1 aliphatic rings. The second-order valence-electron chi connectivity index (χ2n) is 5.22. The Kier molecular flexibility index (Phi) is 3.68. The Balaban J connectivity index is 2.30. The fourth-order valence-corrected chi connectivity index (χ4v) is 3.56. The molecule has 0 saturated carbocycles. The van der Waals surface area contributed by atoms with Gasteiger partial charge in [0.2, 0.25) is 0 Å². The molecule has 0 spiro atoms. The molecule has 106 valence electrons. The van der Waals surface area contributed by atoms with Crippen molar-refractivity contribution in [1.29, 1.82) is 0 Å². The Morgan fingerprint density at radius 1 is 0.905 bits per heavy atom. The monoisotopic (exact) mass is 342 g/mol. The summed E-state index contributed by atoms with van der Waals surface area (Å²) in [7, 11) is 0. The number of ketones is 1. The van der Waals surface area contributed by atoms with E-state index in [2.05, 4.69) is 15.9 Å². The second-order valence-corrected chi connectivity index (χ2v) is 6.02. The molecule has 2 aromatic carbocycles. The van der Waals surface area contributed by atoms with Crippen molar-refractivity contribution in [3.8, 4) is 0 Å². The Morgan fingerprint density at radius 3 is 1.86 bits per heavy atom. The molecule has 0 atom stereocenters. The Hall–Kier alpha value is -1.87. The van der Waals surface area contributed by atoms with Crippen molar-refractivity contribution in [1.82, 2.24) is 0 Å². The molecular weight excluding hydrogens is 328 g/mol. The van der Waals surface area contributed by atoms with E-state index in [1.165, 1.54) is 0 Å². The number of carbonyl (C=O) groups excluding carboxylic acids is 1. The molecule has 0 fully saturated rings. The van der Waals surface area contributed by atoms with Crippen molar-refractivity contribution in [2.45, 2.75) is 18.3 Å². The maximum Gasteiger partial charge on any atom is 0.173 e. The zero-order valence-corrected chi connectivity index (χ0v) is 13.0. The number of benzene rings is 2. The Morgan fingerprint density at radius 2 is 1.38 bits per heavy atom. The molecule has 2 aromatic rings. The first-order chi connectivity index (χ1) is 10.2. The Labute approximate surface area is 132 Å². The van der Waals surface area contributed by atoms with Gasteiger partial charge in [-0.15, -0.1) is 0 Å². The lowest BCUT2D eigenvalue weighted by Crippen LogP contribution is -2.35. The van der Waals surface area contributed by atoms with E-state index >= 15 is 0 Å². The third-order valence-electron chi connectivity index (χ3n) is 4.12. The molecule has 0 aromatic heterocycles. The van der Waals surface area contributed by atoms with Crippen LogP contribution in [0.4, 0.5) is 0 Å². The minimum Gasteiger partial charge on any atom is -0.510 e. The van der Waals surface area contributed by atoms with E-state index in [4.69, 9.17) is 0 Å². The number of hydrogen-bond acceptors (Lipinski definition) is 2. The minimum atomic E-state index is -0.657. The highest BCUT2D eigenvalue weighted by atomic mass is 79.9. The van der Waals surface area contributed by atoms with Gasteiger partial charge in [0.15, 0.2) is 5.78 Å². The van der Waals surface area contributed by atoms with E-state index < -0.39 is 5.41 Å². The van der Waals surface area contributed by atoms with Crippen molar-refractivity contribution in [3.05, 3.63) is 82.0 Å². The fraction of sp³-hybridized carbons (Fsp3) is 0.167. The van der Waals surface area contributed by atoms with Gasteiger partial charge in [-0.1, -0.05) is 60.7 Å². The van der Waals surface area contributed by atoms with Gasteiger partial charge in [0.05, 0.1) is 9.90 Å². The lowest BCUT2D eigenvalue weighted by Gasteiger charge is -2.37. The molecule has 0 heterocycles. The first kappa shape index (κ1) is 14.1. The normalized spacial score (nSPS) is 17.9. The molecular formula is C18H15BrO2. The van der Waals surface area contributed by atoms with Gasteiger partial charge in [0, 0.05) is 6.42 Å². The number of allylic oxidation sites excluding steroid dienone is 2. The third kappa shape index (κ3) is 2.22. The van der Waals surface area contributed by atoms with E-state index in [9.17, 15) is 9.90 Å². The van der Waals surface area contributed by atoms with Crippen LogP contribution in [0.3, 0.4) is 0 Å². The van der Waals surface area contributed by atoms with Crippen LogP contribution in [0.5, 0.6) is 0 Å². The zero-order chi connectivity index (χ0) is 14.9. The van der Waals surface area contributed by atoms with Crippen LogP contribution in [-0.4, -0.2) is 10.9 Å².